The zero-order chi connectivity index (χ0) is 39.8. The molecule has 59 heavy (non-hydrogen) atoms. The minimum absolute atomic E-state index is 0.396. The van der Waals surface area contributed by atoms with Crippen LogP contribution in [0.3, 0.4) is 0 Å². The molecule has 0 fully saturated rings. The highest BCUT2D eigenvalue weighted by Crippen LogP contribution is 2.43. The van der Waals surface area contributed by atoms with E-state index in [1.165, 1.54) is 43.8 Å². The lowest BCUT2D eigenvalue weighted by atomic mass is 9.85. The number of aromatic nitrogens is 5. The Labute approximate surface area is 343 Å². The highest BCUT2D eigenvalue weighted by Gasteiger charge is 2.23. The normalized spacial score (nSPS) is 12.0. The molecule has 0 bridgehead atoms. The third-order valence-electron chi connectivity index (χ3n) is 12.1. The van der Waals surface area contributed by atoms with Crippen LogP contribution in [0.5, 0.6) is 0 Å². The molecule has 7 aromatic carbocycles. The number of benzene rings is 7. The van der Waals surface area contributed by atoms with E-state index in [0.29, 0.717) is 11.8 Å². The van der Waals surface area contributed by atoms with Crippen molar-refractivity contribution in [3.05, 3.63) is 181 Å². The van der Waals surface area contributed by atoms with Crippen LogP contribution < -0.4 is 0 Å². The van der Waals surface area contributed by atoms with Gasteiger partial charge in [-0.3, -0.25) is 9.13 Å². The maximum absolute atomic E-state index is 5.57. The molecule has 0 aliphatic heterocycles. The van der Waals surface area contributed by atoms with Crippen LogP contribution in [0.1, 0.15) is 50.7 Å². The monoisotopic (exact) mass is 761 g/mol. The first-order valence-electron chi connectivity index (χ1n) is 20.6. The average Bonchev–Trinajstić information content (AvgIpc) is 3.96. The van der Waals surface area contributed by atoms with Gasteiger partial charge in [0.2, 0.25) is 0 Å². The molecule has 1 N–H and O–H groups in total. The maximum atomic E-state index is 5.57. The molecule has 11 aromatic rings. The number of hydrogen-bond donors (Lipinski definition) is 1. The quantitative estimate of drug-likeness (QED) is 0.176. The van der Waals surface area contributed by atoms with Crippen molar-refractivity contribution < 1.29 is 0 Å². The SMILES string of the molecule is CC(C)c1cccc(C(C)C)c1-c1ccc2c3ccc(-c4cccc5c4nc(-c4cccc6c4[nH]c4ccccc46)n5-c4ccccc4)cc3n(-c3ccccn3)c2c1. The Hall–Kier alpha value is -7.24. The van der Waals surface area contributed by atoms with Gasteiger partial charge in [0, 0.05) is 50.1 Å². The van der Waals surface area contributed by atoms with Crippen LogP contribution in [0, 0.1) is 0 Å². The van der Waals surface area contributed by atoms with E-state index < -0.39 is 0 Å². The molecular formula is C54H43N5. The predicted molar refractivity (Wildman–Crippen MR) is 247 cm³/mol. The number of nitrogens with one attached hydrogen (secondary N) is 1. The summed E-state index contributed by atoms with van der Waals surface area (Å²) in [6.45, 7) is 9.18. The highest BCUT2D eigenvalue weighted by atomic mass is 15.1. The number of nitrogens with zero attached hydrogens (tertiary/aromatic N) is 4. The van der Waals surface area contributed by atoms with Crippen LogP contribution in [-0.2, 0) is 0 Å². The van der Waals surface area contributed by atoms with Gasteiger partial charge in [0.25, 0.3) is 0 Å². The predicted octanol–water partition coefficient (Wildman–Crippen LogP) is 14.4. The summed E-state index contributed by atoms with van der Waals surface area (Å²) in [5.74, 6) is 2.58. The number of imidazole rings is 1. The minimum atomic E-state index is 0.396. The lowest BCUT2D eigenvalue weighted by Crippen LogP contribution is -2.00. The smallest absolute Gasteiger partial charge is 0.147 e. The van der Waals surface area contributed by atoms with Crippen molar-refractivity contribution in [2.75, 3.05) is 0 Å². The molecule has 284 valence electrons. The van der Waals surface area contributed by atoms with Crippen LogP contribution in [0.2, 0.25) is 0 Å². The Balaban J connectivity index is 1.16. The molecular weight excluding hydrogens is 719 g/mol. The number of para-hydroxylation sites is 4. The second-order valence-electron chi connectivity index (χ2n) is 16.3. The first kappa shape index (κ1) is 35.0. The first-order chi connectivity index (χ1) is 28.9. The largest absolute Gasteiger partial charge is 0.354 e. The molecule has 0 spiro atoms. The van der Waals surface area contributed by atoms with Gasteiger partial charge in [-0.05, 0) is 94.3 Å². The Kier molecular flexibility index (Phi) is 8.12. The molecule has 5 nitrogen and oxygen atoms in total. The fourth-order valence-electron chi connectivity index (χ4n) is 9.37. The van der Waals surface area contributed by atoms with Crippen molar-refractivity contribution in [2.45, 2.75) is 39.5 Å². The van der Waals surface area contributed by atoms with Gasteiger partial charge in [-0.1, -0.05) is 137 Å². The summed E-state index contributed by atoms with van der Waals surface area (Å²) in [7, 11) is 0. The standard InChI is InChI=1S/C54H43N5/c1-33(2)38-18-12-19-39(34(3)4)51(38)36-27-29-43-42-28-26-35(31-48(42)59(49(43)32-36)50-25-10-11-30-55-50)40-20-14-24-47-53(40)57-54(58(47)37-15-6-5-7-16-37)45-22-13-21-44-41-17-8-9-23-46(41)56-52(44)45/h5-34,56H,1-4H3. The first-order valence-corrected chi connectivity index (χ1v) is 20.6. The van der Waals surface area contributed by atoms with Gasteiger partial charge in [0.05, 0.1) is 27.6 Å². The summed E-state index contributed by atoms with van der Waals surface area (Å²) < 4.78 is 4.65. The Morgan fingerprint density at radius 2 is 1.14 bits per heavy atom. The molecule has 0 atom stereocenters. The van der Waals surface area contributed by atoms with Gasteiger partial charge in [-0.15, -0.1) is 0 Å². The Morgan fingerprint density at radius 3 is 1.88 bits per heavy atom. The van der Waals surface area contributed by atoms with E-state index >= 15 is 0 Å². The Morgan fingerprint density at radius 1 is 0.492 bits per heavy atom. The van der Waals surface area contributed by atoms with Crippen molar-refractivity contribution in [3.63, 3.8) is 0 Å². The number of hydrogen-bond acceptors (Lipinski definition) is 2. The highest BCUT2D eigenvalue weighted by molar-refractivity contribution is 6.13. The molecule has 0 aliphatic rings. The topological polar surface area (TPSA) is 51.4 Å². The maximum Gasteiger partial charge on any atom is 0.147 e. The lowest BCUT2D eigenvalue weighted by molar-refractivity contribution is 0.838. The molecule has 0 saturated carbocycles. The fraction of sp³-hybridized carbons (Fsp3) is 0.111. The van der Waals surface area contributed by atoms with Crippen LogP contribution in [-0.4, -0.2) is 24.1 Å². The molecule has 0 saturated heterocycles. The van der Waals surface area contributed by atoms with Gasteiger partial charge >= 0.3 is 0 Å². The van der Waals surface area contributed by atoms with E-state index in [1.54, 1.807) is 0 Å². The number of pyridine rings is 1. The summed E-state index contributed by atoms with van der Waals surface area (Å²) in [5, 5.41) is 4.79. The van der Waals surface area contributed by atoms with E-state index in [0.717, 1.165) is 67.1 Å². The van der Waals surface area contributed by atoms with Crippen LogP contribution in [0.15, 0.2) is 170 Å². The van der Waals surface area contributed by atoms with Crippen molar-refractivity contribution >= 4 is 54.6 Å². The zero-order valence-corrected chi connectivity index (χ0v) is 33.6. The fourth-order valence-corrected chi connectivity index (χ4v) is 9.37. The van der Waals surface area contributed by atoms with Crippen molar-refractivity contribution in [3.8, 4) is 45.1 Å². The minimum Gasteiger partial charge on any atom is -0.354 e. The number of rotatable bonds is 7. The van der Waals surface area contributed by atoms with Crippen molar-refractivity contribution in [1.29, 1.82) is 0 Å². The summed E-state index contributed by atoms with van der Waals surface area (Å²) in [6, 6.07) is 59.1. The number of H-pyrrole nitrogens is 1. The van der Waals surface area contributed by atoms with Gasteiger partial charge in [-0.2, -0.15) is 0 Å². The third kappa shape index (κ3) is 5.53. The number of aromatic amines is 1. The van der Waals surface area contributed by atoms with Gasteiger partial charge in [0.1, 0.15) is 11.6 Å². The van der Waals surface area contributed by atoms with E-state index in [2.05, 4.69) is 200 Å². The van der Waals surface area contributed by atoms with Crippen LogP contribution in [0.25, 0.3) is 99.8 Å². The molecule has 5 heteroatoms. The van der Waals surface area contributed by atoms with Gasteiger partial charge in [0.15, 0.2) is 0 Å². The van der Waals surface area contributed by atoms with Crippen molar-refractivity contribution in [1.82, 2.24) is 24.1 Å². The summed E-state index contributed by atoms with van der Waals surface area (Å²) in [6.07, 6.45) is 1.89. The van der Waals surface area contributed by atoms with E-state index in [1.807, 2.05) is 12.3 Å². The zero-order valence-electron chi connectivity index (χ0n) is 33.6. The summed E-state index contributed by atoms with van der Waals surface area (Å²) in [5.41, 5.74) is 16.1. The van der Waals surface area contributed by atoms with Gasteiger partial charge < -0.3 is 4.98 Å². The second-order valence-corrected chi connectivity index (χ2v) is 16.3. The summed E-state index contributed by atoms with van der Waals surface area (Å²) in [4.78, 5) is 14.2. The van der Waals surface area contributed by atoms with Crippen molar-refractivity contribution in [2.24, 2.45) is 0 Å². The van der Waals surface area contributed by atoms with Gasteiger partial charge in [-0.25, -0.2) is 9.97 Å². The lowest BCUT2D eigenvalue weighted by Gasteiger charge is -2.20. The van der Waals surface area contributed by atoms with Crippen LogP contribution >= 0.6 is 0 Å². The third-order valence-corrected chi connectivity index (χ3v) is 12.1. The molecule has 11 rings (SSSR count). The second kappa shape index (κ2) is 13.7. The molecule has 0 unspecified atom stereocenters. The van der Waals surface area contributed by atoms with Crippen LogP contribution in [0.4, 0.5) is 0 Å². The van der Waals surface area contributed by atoms with E-state index in [4.69, 9.17) is 9.97 Å². The molecule has 0 radical (unpaired) electrons. The van der Waals surface area contributed by atoms with E-state index in [9.17, 15) is 0 Å². The molecule has 0 aliphatic carbocycles. The average molecular weight is 762 g/mol. The molecule has 0 amide bonds. The molecule has 4 aromatic heterocycles. The molecule has 4 heterocycles. The summed E-state index contributed by atoms with van der Waals surface area (Å²) >= 11 is 0. The Bertz CT molecular complexity index is 3360. The van der Waals surface area contributed by atoms with E-state index in [-0.39, 0.29) is 0 Å². The number of fused-ring (bicyclic) bond motifs is 7.